The predicted octanol–water partition coefficient (Wildman–Crippen LogP) is 1.50. The first-order chi connectivity index (χ1) is 12.1. The van der Waals surface area contributed by atoms with E-state index >= 15 is 0 Å². The number of hydrogen-bond donors (Lipinski definition) is 0. The number of para-hydroxylation sites is 1. The van der Waals surface area contributed by atoms with E-state index in [1.165, 1.54) is 6.07 Å². The van der Waals surface area contributed by atoms with Gasteiger partial charge >= 0.3 is 0 Å². The Hall–Kier alpha value is -1.66. The second kappa shape index (κ2) is 8.15. The van der Waals surface area contributed by atoms with Gasteiger partial charge in [0.15, 0.2) is 0 Å². The van der Waals surface area contributed by atoms with Gasteiger partial charge in [-0.3, -0.25) is 9.69 Å². The lowest BCUT2D eigenvalue weighted by Gasteiger charge is -2.41. The van der Waals surface area contributed by atoms with Crippen LogP contribution < -0.4 is 4.90 Å². The van der Waals surface area contributed by atoms with Crippen LogP contribution in [0.25, 0.3) is 0 Å². The molecule has 5 nitrogen and oxygen atoms in total. The van der Waals surface area contributed by atoms with E-state index in [9.17, 15) is 9.18 Å². The van der Waals surface area contributed by atoms with Crippen LogP contribution >= 0.6 is 0 Å². The van der Waals surface area contributed by atoms with Crippen LogP contribution in [0.5, 0.6) is 0 Å². The molecule has 1 atom stereocenters. The predicted molar refractivity (Wildman–Crippen MR) is 98.3 cm³/mol. The van der Waals surface area contributed by atoms with Crippen LogP contribution in [0.3, 0.4) is 0 Å². The fourth-order valence-electron chi connectivity index (χ4n) is 3.76. The number of carbonyl (C=O) groups excluding carboxylic acids is 1. The Labute approximate surface area is 150 Å². The summed E-state index contributed by atoms with van der Waals surface area (Å²) >= 11 is 0. The van der Waals surface area contributed by atoms with E-state index in [1.54, 1.807) is 6.07 Å². The van der Waals surface area contributed by atoms with Crippen LogP contribution in [0.1, 0.15) is 13.8 Å². The molecule has 0 spiro atoms. The molecule has 1 aromatic rings. The van der Waals surface area contributed by atoms with Crippen molar-refractivity contribution in [1.82, 2.24) is 14.7 Å². The number of piperazine rings is 2. The highest BCUT2D eigenvalue weighted by Crippen LogP contribution is 2.21. The summed E-state index contributed by atoms with van der Waals surface area (Å²) in [5.74, 6) is 0.0592. The van der Waals surface area contributed by atoms with Crippen molar-refractivity contribution in [3.05, 3.63) is 30.1 Å². The number of carbonyl (C=O) groups is 1. The first-order valence-corrected chi connectivity index (χ1v) is 9.35. The van der Waals surface area contributed by atoms with Crippen LogP contribution in [0.15, 0.2) is 24.3 Å². The van der Waals surface area contributed by atoms with E-state index in [0.29, 0.717) is 5.69 Å². The molecular weight excluding hydrogens is 319 g/mol. The summed E-state index contributed by atoms with van der Waals surface area (Å²) in [5.41, 5.74) is 0.664. The Balaban J connectivity index is 1.52. The third-order valence-corrected chi connectivity index (χ3v) is 5.54. The van der Waals surface area contributed by atoms with E-state index in [-0.39, 0.29) is 17.8 Å². The van der Waals surface area contributed by atoms with Gasteiger partial charge < -0.3 is 14.7 Å². The number of halogens is 1. The van der Waals surface area contributed by atoms with Gasteiger partial charge in [-0.25, -0.2) is 4.39 Å². The minimum atomic E-state index is -0.172. The molecule has 1 amide bonds. The minimum Gasteiger partial charge on any atom is -0.367 e. The lowest BCUT2D eigenvalue weighted by molar-refractivity contribution is -0.138. The summed E-state index contributed by atoms with van der Waals surface area (Å²) in [4.78, 5) is 21.5. The first-order valence-electron chi connectivity index (χ1n) is 9.35. The summed E-state index contributed by atoms with van der Waals surface area (Å²) in [6.07, 6.45) is 0. The maximum atomic E-state index is 13.9. The van der Waals surface area contributed by atoms with Gasteiger partial charge in [0.05, 0.1) is 11.7 Å². The van der Waals surface area contributed by atoms with Gasteiger partial charge in [-0.1, -0.05) is 19.1 Å². The number of hydrogen-bond acceptors (Lipinski definition) is 4. The summed E-state index contributed by atoms with van der Waals surface area (Å²) < 4.78 is 13.9. The molecule has 6 heteroatoms. The summed E-state index contributed by atoms with van der Waals surface area (Å²) in [6, 6.07) is 6.81. The fourth-order valence-corrected chi connectivity index (χ4v) is 3.76. The van der Waals surface area contributed by atoms with Gasteiger partial charge in [0.25, 0.3) is 0 Å². The molecule has 2 fully saturated rings. The molecule has 0 saturated carbocycles. The van der Waals surface area contributed by atoms with Gasteiger partial charge in [-0.15, -0.1) is 0 Å². The van der Waals surface area contributed by atoms with E-state index < -0.39 is 0 Å². The van der Waals surface area contributed by atoms with Gasteiger partial charge in [-0.2, -0.15) is 0 Å². The van der Waals surface area contributed by atoms with Crippen molar-refractivity contribution in [2.24, 2.45) is 0 Å². The van der Waals surface area contributed by atoms with Crippen LogP contribution in [-0.4, -0.2) is 85.6 Å². The molecule has 2 aliphatic rings. The van der Waals surface area contributed by atoms with Crippen molar-refractivity contribution in [3.8, 4) is 0 Å². The van der Waals surface area contributed by atoms with Gasteiger partial charge in [0, 0.05) is 52.4 Å². The lowest BCUT2D eigenvalue weighted by atomic mass is 10.1. The van der Waals surface area contributed by atoms with Crippen molar-refractivity contribution in [2.45, 2.75) is 19.9 Å². The van der Waals surface area contributed by atoms with Crippen molar-refractivity contribution in [1.29, 1.82) is 0 Å². The molecule has 138 valence electrons. The molecule has 1 aromatic carbocycles. The van der Waals surface area contributed by atoms with Gasteiger partial charge in [-0.05, 0) is 25.6 Å². The van der Waals surface area contributed by atoms with E-state index in [0.717, 1.165) is 58.9 Å². The normalized spacial score (nSPS) is 21.4. The highest BCUT2D eigenvalue weighted by Gasteiger charge is 2.30. The number of amides is 1. The maximum Gasteiger partial charge on any atom is 0.239 e. The molecule has 2 aliphatic heterocycles. The van der Waals surface area contributed by atoms with Crippen molar-refractivity contribution in [3.63, 3.8) is 0 Å². The Bertz CT molecular complexity index is 581. The quantitative estimate of drug-likeness (QED) is 0.825. The Morgan fingerprint density at radius 1 is 1.04 bits per heavy atom. The zero-order valence-electron chi connectivity index (χ0n) is 15.3. The Morgan fingerprint density at radius 2 is 1.68 bits per heavy atom. The second-order valence-electron chi connectivity index (χ2n) is 6.91. The number of rotatable bonds is 4. The third kappa shape index (κ3) is 4.12. The molecule has 3 rings (SSSR count). The largest absolute Gasteiger partial charge is 0.367 e. The standard InChI is InChI=1S/C19H29FN4O/c1-3-21-8-10-24(11-9-21)19(25)16(2)22-12-14-23(15-13-22)18-7-5-4-6-17(18)20/h4-7,16H,3,8-15H2,1-2H3. The fraction of sp³-hybridized carbons (Fsp3) is 0.632. The smallest absolute Gasteiger partial charge is 0.239 e. The zero-order chi connectivity index (χ0) is 17.8. The molecule has 0 bridgehead atoms. The number of benzene rings is 1. The van der Waals surface area contributed by atoms with Crippen LogP contribution in [-0.2, 0) is 4.79 Å². The second-order valence-corrected chi connectivity index (χ2v) is 6.91. The number of likely N-dealkylation sites (N-methyl/N-ethyl adjacent to an activating group) is 1. The minimum absolute atomic E-state index is 0.101. The third-order valence-electron chi connectivity index (χ3n) is 5.54. The first kappa shape index (κ1) is 18.1. The highest BCUT2D eigenvalue weighted by atomic mass is 19.1. The maximum absolute atomic E-state index is 13.9. The number of anilines is 1. The van der Waals surface area contributed by atoms with E-state index in [4.69, 9.17) is 0 Å². The van der Waals surface area contributed by atoms with Gasteiger partial charge in [0.1, 0.15) is 5.82 Å². The van der Waals surface area contributed by atoms with E-state index in [2.05, 4.69) is 21.6 Å². The Morgan fingerprint density at radius 3 is 2.28 bits per heavy atom. The topological polar surface area (TPSA) is 30.0 Å². The highest BCUT2D eigenvalue weighted by molar-refractivity contribution is 5.81. The number of nitrogens with zero attached hydrogens (tertiary/aromatic N) is 4. The monoisotopic (exact) mass is 348 g/mol. The molecule has 2 heterocycles. The van der Waals surface area contributed by atoms with Crippen LogP contribution in [0.2, 0.25) is 0 Å². The van der Waals surface area contributed by atoms with Crippen molar-refractivity contribution >= 4 is 11.6 Å². The average Bonchev–Trinajstić information content (AvgIpc) is 2.67. The van der Waals surface area contributed by atoms with Crippen LogP contribution in [0.4, 0.5) is 10.1 Å². The lowest BCUT2D eigenvalue weighted by Crippen LogP contribution is -2.57. The van der Waals surface area contributed by atoms with Crippen molar-refractivity contribution < 1.29 is 9.18 Å². The molecule has 0 N–H and O–H groups in total. The molecular formula is C19H29FN4O. The van der Waals surface area contributed by atoms with E-state index in [1.807, 2.05) is 24.0 Å². The SMILES string of the molecule is CCN1CCN(C(=O)C(C)N2CCN(c3ccccc3F)CC2)CC1. The zero-order valence-corrected chi connectivity index (χ0v) is 15.3. The molecule has 0 aliphatic carbocycles. The van der Waals surface area contributed by atoms with Crippen molar-refractivity contribution in [2.75, 3.05) is 63.8 Å². The molecule has 0 aromatic heterocycles. The van der Waals surface area contributed by atoms with Crippen LogP contribution in [0, 0.1) is 5.82 Å². The molecule has 0 radical (unpaired) electrons. The van der Waals surface area contributed by atoms with Gasteiger partial charge in [0.2, 0.25) is 5.91 Å². The molecule has 2 saturated heterocycles. The Kier molecular flexibility index (Phi) is 5.91. The molecule has 1 unspecified atom stereocenters. The summed E-state index contributed by atoms with van der Waals surface area (Å²) in [5, 5.41) is 0. The molecule has 25 heavy (non-hydrogen) atoms. The summed E-state index contributed by atoms with van der Waals surface area (Å²) in [6.45, 7) is 11.9. The average molecular weight is 348 g/mol. The summed E-state index contributed by atoms with van der Waals surface area (Å²) in [7, 11) is 0.